The number of benzene rings is 2. The number of H-pyrrole nitrogens is 1. The van der Waals surface area contributed by atoms with E-state index in [-0.39, 0.29) is 47.5 Å². The summed E-state index contributed by atoms with van der Waals surface area (Å²) in [5, 5.41) is 9.92. The van der Waals surface area contributed by atoms with Crippen LogP contribution in [0.25, 0.3) is 11.0 Å². The van der Waals surface area contributed by atoms with Crippen LogP contribution in [0, 0.1) is 17.3 Å². The van der Waals surface area contributed by atoms with Crippen LogP contribution >= 0.6 is 11.6 Å². The highest BCUT2D eigenvalue weighted by Crippen LogP contribution is 2.60. The molecule has 1 aromatic heterocycles. The summed E-state index contributed by atoms with van der Waals surface area (Å²) in [4.78, 5) is 48.7. The fourth-order valence-corrected chi connectivity index (χ4v) is 6.92. The Kier molecular flexibility index (Phi) is 10.1. The van der Waals surface area contributed by atoms with Crippen molar-refractivity contribution >= 4 is 40.4 Å². The number of hydrogen-bond donors (Lipinski definition) is 4. The van der Waals surface area contributed by atoms with Crippen LogP contribution < -0.4 is 16.0 Å². The Labute approximate surface area is 277 Å². The van der Waals surface area contributed by atoms with Crippen molar-refractivity contribution < 1.29 is 19.1 Å². The van der Waals surface area contributed by atoms with Gasteiger partial charge in [0.15, 0.2) is 0 Å². The van der Waals surface area contributed by atoms with Gasteiger partial charge in [-0.1, -0.05) is 63.1 Å². The Bertz CT molecular complexity index is 1580. The highest BCUT2D eigenvalue weighted by molar-refractivity contribution is 6.31. The van der Waals surface area contributed by atoms with E-state index < -0.39 is 17.5 Å². The molecule has 3 amide bonds. The predicted molar refractivity (Wildman–Crippen MR) is 181 cm³/mol. The smallest absolute Gasteiger partial charge is 0.242 e. The van der Waals surface area contributed by atoms with Crippen LogP contribution in [0.1, 0.15) is 95.6 Å². The molecule has 0 saturated heterocycles. The van der Waals surface area contributed by atoms with Crippen molar-refractivity contribution in [1.82, 2.24) is 25.9 Å². The third-order valence-electron chi connectivity index (χ3n) is 10.1. The normalized spacial score (nSPS) is 19.0. The van der Waals surface area contributed by atoms with E-state index >= 15 is 0 Å². The molecule has 0 aliphatic heterocycles. The topological polar surface area (TPSA) is 125 Å². The van der Waals surface area contributed by atoms with Gasteiger partial charge in [-0.15, -0.1) is 0 Å². The molecule has 10 heteroatoms. The summed E-state index contributed by atoms with van der Waals surface area (Å²) in [5.74, 6) is -0.0411. The third kappa shape index (κ3) is 6.81. The minimum absolute atomic E-state index is 0.0553. The fourth-order valence-electron chi connectivity index (χ4n) is 6.67. The van der Waals surface area contributed by atoms with Gasteiger partial charge in [0.25, 0.3) is 0 Å². The molecule has 5 rings (SSSR count). The summed E-state index contributed by atoms with van der Waals surface area (Å²) in [6, 6.07) is 12.5. The summed E-state index contributed by atoms with van der Waals surface area (Å²) in [7, 11) is 1.57. The Balaban J connectivity index is 1.52. The molecule has 2 fully saturated rings. The molecule has 2 aromatic carbocycles. The number of carbonyl (C=O) groups is 3. The van der Waals surface area contributed by atoms with Gasteiger partial charge in [-0.3, -0.25) is 14.4 Å². The second-order valence-electron chi connectivity index (χ2n) is 13.9. The second-order valence-corrected chi connectivity index (χ2v) is 14.4. The van der Waals surface area contributed by atoms with Crippen LogP contribution in [0.15, 0.2) is 42.5 Å². The first-order valence-electron chi connectivity index (χ1n) is 16.5. The number of carbonyl (C=O) groups excluding carboxylic acids is 3. The van der Waals surface area contributed by atoms with Crippen LogP contribution in [0.4, 0.5) is 0 Å². The van der Waals surface area contributed by atoms with E-state index in [9.17, 15) is 14.4 Å². The number of fused-ring (bicyclic) bond motifs is 1. The monoisotopic (exact) mass is 649 g/mol. The van der Waals surface area contributed by atoms with Crippen molar-refractivity contribution in [2.24, 2.45) is 17.3 Å². The lowest BCUT2D eigenvalue weighted by atomic mass is 9.77. The van der Waals surface area contributed by atoms with E-state index in [0.29, 0.717) is 17.4 Å². The number of nitrogens with zero attached hydrogens (tertiary/aromatic N) is 1. The highest BCUT2D eigenvalue weighted by Gasteiger charge is 2.51. The lowest BCUT2D eigenvalue weighted by molar-refractivity contribution is -0.135. The maximum atomic E-state index is 14.0. The van der Waals surface area contributed by atoms with Crippen LogP contribution in [-0.2, 0) is 24.5 Å². The fraction of sp³-hybridized carbons (Fsp3) is 0.556. The summed E-state index contributed by atoms with van der Waals surface area (Å²) in [6.07, 6.45) is 4.91. The van der Waals surface area contributed by atoms with Crippen molar-refractivity contribution in [1.29, 1.82) is 0 Å². The van der Waals surface area contributed by atoms with Crippen LogP contribution in [0.2, 0.25) is 5.02 Å². The number of amides is 3. The first-order chi connectivity index (χ1) is 21.9. The van der Waals surface area contributed by atoms with Crippen LogP contribution in [-0.4, -0.2) is 54.0 Å². The average Bonchev–Trinajstić information content (AvgIpc) is 3.58. The third-order valence-corrected chi connectivity index (χ3v) is 10.4. The first-order valence-corrected chi connectivity index (χ1v) is 16.9. The number of imidazole rings is 1. The van der Waals surface area contributed by atoms with E-state index in [0.717, 1.165) is 54.3 Å². The second kappa shape index (κ2) is 13.7. The molecule has 4 N–H and O–H groups in total. The van der Waals surface area contributed by atoms with Gasteiger partial charge in [0.1, 0.15) is 11.9 Å². The van der Waals surface area contributed by atoms with Gasteiger partial charge in [0, 0.05) is 30.5 Å². The van der Waals surface area contributed by atoms with Gasteiger partial charge in [-0.05, 0) is 80.2 Å². The van der Waals surface area contributed by atoms with Gasteiger partial charge in [-0.2, -0.15) is 0 Å². The van der Waals surface area contributed by atoms with Gasteiger partial charge >= 0.3 is 0 Å². The zero-order valence-corrected chi connectivity index (χ0v) is 28.6. The lowest BCUT2D eigenvalue weighted by Crippen LogP contribution is -2.57. The van der Waals surface area contributed by atoms with Crippen molar-refractivity contribution in [3.63, 3.8) is 0 Å². The summed E-state index contributed by atoms with van der Waals surface area (Å²) < 4.78 is 5.58. The minimum Gasteiger partial charge on any atom is -0.383 e. The van der Waals surface area contributed by atoms with Gasteiger partial charge < -0.3 is 25.7 Å². The maximum absolute atomic E-state index is 14.0. The Morgan fingerprint density at radius 3 is 2.41 bits per heavy atom. The predicted octanol–water partition coefficient (Wildman–Crippen LogP) is 5.94. The van der Waals surface area contributed by atoms with E-state index in [2.05, 4.69) is 27.9 Å². The quantitative estimate of drug-likeness (QED) is 0.172. The van der Waals surface area contributed by atoms with Crippen molar-refractivity contribution in [3.8, 4) is 0 Å². The van der Waals surface area contributed by atoms with Crippen LogP contribution in [0.5, 0.6) is 0 Å². The molecule has 1 unspecified atom stereocenters. The molecule has 0 bridgehead atoms. The highest BCUT2D eigenvalue weighted by atomic mass is 35.5. The molecule has 46 heavy (non-hydrogen) atoms. The maximum Gasteiger partial charge on any atom is 0.242 e. The minimum atomic E-state index is -1.07. The van der Waals surface area contributed by atoms with E-state index in [1.54, 1.807) is 7.11 Å². The molecular formula is C36H48ClN5O4. The molecular weight excluding hydrogens is 602 g/mol. The number of nitrogens with one attached hydrogen (secondary N) is 4. The Hall–Kier alpha value is -3.43. The Morgan fingerprint density at radius 2 is 1.83 bits per heavy atom. The molecule has 0 radical (unpaired) electrons. The number of hydrogen-bond acceptors (Lipinski definition) is 5. The molecule has 248 valence electrons. The molecule has 9 nitrogen and oxygen atoms in total. The number of ether oxygens (including phenoxy) is 1. The number of rotatable bonds is 14. The average molecular weight is 650 g/mol. The molecule has 4 atom stereocenters. The zero-order chi connectivity index (χ0) is 33.2. The number of halogens is 1. The van der Waals surface area contributed by atoms with Crippen molar-refractivity contribution in [3.05, 3.63) is 64.4 Å². The number of methoxy groups -OCH3 is 1. The van der Waals surface area contributed by atoms with Gasteiger partial charge in [-0.25, -0.2) is 4.98 Å². The largest absolute Gasteiger partial charge is 0.383 e. The van der Waals surface area contributed by atoms with Crippen LogP contribution in [0.3, 0.4) is 0 Å². The molecule has 2 aliphatic carbocycles. The Morgan fingerprint density at radius 1 is 1.11 bits per heavy atom. The van der Waals surface area contributed by atoms with E-state index in [4.69, 9.17) is 21.3 Å². The molecule has 2 saturated carbocycles. The zero-order valence-electron chi connectivity index (χ0n) is 27.8. The number of likely N-dealkylation sites (N-methyl/N-ethyl adjacent to an activating group) is 1. The van der Waals surface area contributed by atoms with E-state index in [1.165, 1.54) is 0 Å². The standard InChI is InChI=1S/C36H48ClN5O4/c1-7-38-33(44)29(22-11-10-12-22)42-34(45)36(5,20-46-6)23-15-16-26-27(19-23)40-31(39-26)30(41-32(43)21(2)3)28(35(4)17-18-35)24-13-8-9-14-25(24)37/h8-9,13-16,19,21-22,28-30H,7,10-12,17-18,20H2,1-6H3,(H,38,44)(H,39,40)(H,41,43)(H,42,45)/t28-,29+,30-,36?/m0/s1. The van der Waals surface area contributed by atoms with Gasteiger partial charge in [0.05, 0.1) is 29.1 Å². The lowest BCUT2D eigenvalue weighted by Gasteiger charge is -2.36. The van der Waals surface area contributed by atoms with Gasteiger partial charge in [0.2, 0.25) is 17.7 Å². The summed E-state index contributed by atoms with van der Waals surface area (Å²) in [6.45, 7) is 10.3. The SMILES string of the molecule is CCNC(=O)[C@H](NC(=O)C(C)(COC)c1ccc2nc([C@@H](NC(=O)C(C)C)[C@H](c3ccccc3Cl)C3(C)CC3)[nH]c2c1)C1CCC1. The first kappa shape index (κ1) is 33.9. The number of aromatic nitrogens is 2. The molecule has 3 aromatic rings. The molecule has 2 aliphatic rings. The van der Waals surface area contributed by atoms with Crippen molar-refractivity contribution in [2.75, 3.05) is 20.3 Å². The summed E-state index contributed by atoms with van der Waals surface area (Å²) in [5.41, 5.74) is 2.05. The van der Waals surface area contributed by atoms with Crippen molar-refractivity contribution in [2.45, 2.75) is 90.1 Å². The summed E-state index contributed by atoms with van der Waals surface area (Å²) >= 11 is 6.78. The molecule has 0 spiro atoms. The molecule has 1 heterocycles. The number of aromatic amines is 1. The van der Waals surface area contributed by atoms with E-state index in [1.807, 2.05) is 70.2 Å².